The third kappa shape index (κ3) is 16.5. The van der Waals surface area contributed by atoms with E-state index in [1.54, 1.807) is 41.5 Å². The smallest absolute Gasteiger partial charge is 0.408 e. The molecule has 0 saturated carbocycles. The third-order valence-corrected chi connectivity index (χ3v) is 3.98. The molecule has 1 atom stereocenters. The number of esters is 2. The first kappa shape index (κ1) is 33.8. The summed E-state index contributed by atoms with van der Waals surface area (Å²) < 4.78 is 15.3. The first-order chi connectivity index (χ1) is 17.2. The Bertz CT molecular complexity index is 820. The van der Waals surface area contributed by atoms with Crippen molar-refractivity contribution in [1.29, 1.82) is 0 Å². The maximum atomic E-state index is 12.8. The third-order valence-electron chi connectivity index (χ3n) is 3.98. The Hall–Kier alpha value is -4.19. The molecule has 0 aromatic carbocycles. The molecule has 0 rings (SSSR count). The Morgan fingerprint density at radius 1 is 0.737 bits per heavy atom. The van der Waals surface area contributed by atoms with Gasteiger partial charge in [-0.3, -0.25) is 4.79 Å². The molecule has 0 aromatic rings. The van der Waals surface area contributed by atoms with Gasteiger partial charge in [-0.05, 0) is 48.0 Å². The lowest BCUT2D eigenvalue weighted by atomic mass is 9.92. The standard InChI is InChI=1S/C19H32N4O15/c1-17(2,3)37-14(24)8-7-13(20-16(26)38-18(4,5)6)15(25)33-9-19(10-34-21(27)28,11-35-22(29)30)12-36-23(31)32/h13H,7-12H2,1-6H3,(H,20,26)/t13-/m0/s1. The predicted molar refractivity (Wildman–Crippen MR) is 120 cm³/mol. The van der Waals surface area contributed by atoms with Crippen molar-refractivity contribution in [3.63, 3.8) is 0 Å². The van der Waals surface area contributed by atoms with Gasteiger partial charge in [0.05, 0.1) is 5.41 Å². The van der Waals surface area contributed by atoms with Crippen molar-refractivity contribution < 1.29 is 58.4 Å². The molecule has 0 heterocycles. The van der Waals surface area contributed by atoms with Gasteiger partial charge in [0.25, 0.3) is 15.3 Å². The first-order valence-corrected chi connectivity index (χ1v) is 10.9. The van der Waals surface area contributed by atoms with E-state index in [2.05, 4.69) is 19.8 Å². The molecular weight excluding hydrogens is 524 g/mol. The van der Waals surface area contributed by atoms with Crippen LogP contribution in [0.1, 0.15) is 54.4 Å². The van der Waals surface area contributed by atoms with Crippen molar-refractivity contribution in [2.75, 3.05) is 26.4 Å². The van der Waals surface area contributed by atoms with E-state index in [1.807, 2.05) is 0 Å². The van der Waals surface area contributed by atoms with E-state index in [9.17, 15) is 44.7 Å². The van der Waals surface area contributed by atoms with Gasteiger partial charge in [0.2, 0.25) is 0 Å². The zero-order valence-corrected chi connectivity index (χ0v) is 21.8. The summed E-state index contributed by atoms with van der Waals surface area (Å²) in [6.07, 6.45) is -1.76. The topological polar surface area (TPSA) is 248 Å². The number of hydrogen-bond donors (Lipinski definition) is 1. The van der Waals surface area contributed by atoms with Crippen LogP contribution in [0.15, 0.2) is 0 Å². The van der Waals surface area contributed by atoms with Gasteiger partial charge in [-0.15, -0.1) is 30.3 Å². The van der Waals surface area contributed by atoms with Crippen molar-refractivity contribution in [3.8, 4) is 0 Å². The van der Waals surface area contributed by atoms with Crippen LogP contribution < -0.4 is 5.32 Å². The molecule has 0 aliphatic carbocycles. The molecule has 0 spiro atoms. The van der Waals surface area contributed by atoms with E-state index in [-0.39, 0.29) is 12.8 Å². The molecule has 0 bridgehead atoms. The van der Waals surface area contributed by atoms with Gasteiger partial charge in [-0.2, -0.15) is 0 Å². The molecule has 0 radical (unpaired) electrons. The molecule has 0 saturated heterocycles. The van der Waals surface area contributed by atoms with Crippen LogP contribution in [0.5, 0.6) is 0 Å². The monoisotopic (exact) mass is 556 g/mol. The largest absolute Gasteiger partial charge is 0.463 e. The Morgan fingerprint density at radius 3 is 1.53 bits per heavy atom. The molecular formula is C19H32N4O15. The molecule has 0 aliphatic rings. The van der Waals surface area contributed by atoms with Crippen LogP contribution in [0, 0.1) is 35.8 Å². The number of alkyl carbamates (subject to hydrolysis) is 1. The Kier molecular flexibility index (Phi) is 12.9. The fourth-order valence-corrected chi connectivity index (χ4v) is 2.50. The summed E-state index contributed by atoms with van der Waals surface area (Å²) in [6.45, 7) is 5.29. The fourth-order valence-electron chi connectivity index (χ4n) is 2.50. The van der Waals surface area contributed by atoms with Crippen molar-refractivity contribution in [2.24, 2.45) is 5.41 Å². The van der Waals surface area contributed by atoms with Crippen LogP contribution in [0.3, 0.4) is 0 Å². The molecule has 0 aliphatic heterocycles. The quantitative estimate of drug-likeness (QED) is 0.121. The number of carbonyl (C=O) groups excluding carboxylic acids is 3. The van der Waals surface area contributed by atoms with Crippen LogP contribution in [0.4, 0.5) is 4.79 Å². The second kappa shape index (κ2) is 14.5. The van der Waals surface area contributed by atoms with Crippen LogP contribution >= 0.6 is 0 Å². The minimum Gasteiger partial charge on any atom is -0.463 e. The van der Waals surface area contributed by atoms with Gasteiger partial charge < -0.3 is 34.0 Å². The van der Waals surface area contributed by atoms with Crippen LogP contribution in [-0.2, 0) is 38.3 Å². The zero-order chi connectivity index (χ0) is 29.7. The average Bonchev–Trinajstić information content (AvgIpc) is 2.72. The highest BCUT2D eigenvalue weighted by Crippen LogP contribution is 2.22. The van der Waals surface area contributed by atoms with Gasteiger partial charge in [0.1, 0.15) is 43.7 Å². The lowest BCUT2D eigenvalue weighted by molar-refractivity contribution is -0.782. The summed E-state index contributed by atoms with van der Waals surface area (Å²) in [4.78, 5) is 81.7. The second-order valence-electron chi connectivity index (χ2n) is 9.92. The van der Waals surface area contributed by atoms with Gasteiger partial charge in [0.15, 0.2) is 0 Å². The van der Waals surface area contributed by atoms with Crippen molar-refractivity contribution in [3.05, 3.63) is 30.3 Å². The highest BCUT2D eigenvalue weighted by molar-refractivity contribution is 5.82. The lowest BCUT2D eigenvalue weighted by Gasteiger charge is -2.30. The van der Waals surface area contributed by atoms with Crippen LogP contribution in [-0.4, -0.2) is 77.0 Å². The Morgan fingerprint density at radius 2 is 1.16 bits per heavy atom. The van der Waals surface area contributed by atoms with Gasteiger partial charge in [-0.1, -0.05) is 0 Å². The number of ether oxygens (including phenoxy) is 3. The van der Waals surface area contributed by atoms with E-state index in [1.165, 1.54) is 0 Å². The maximum absolute atomic E-state index is 12.8. The Balaban J connectivity index is 5.79. The van der Waals surface area contributed by atoms with E-state index >= 15 is 0 Å². The summed E-state index contributed by atoms with van der Waals surface area (Å²) >= 11 is 0. The molecule has 1 N–H and O–H groups in total. The van der Waals surface area contributed by atoms with Crippen LogP contribution in [0.25, 0.3) is 0 Å². The summed E-state index contributed by atoms with van der Waals surface area (Å²) in [7, 11) is 0. The summed E-state index contributed by atoms with van der Waals surface area (Å²) in [5.74, 6) is -1.93. The van der Waals surface area contributed by atoms with Gasteiger partial charge in [-0.25, -0.2) is 9.59 Å². The van der Waals surface area contributed by atoms with Gasteiger partial charge >= 0.3 is 18.0 Å². The number of rotatable bonds is 16. The first-order valence-electron chi connectivity index (χ1n) is 10.9. The van der Waals surface area contributed by atoms with Crippen molar-refractivity contribution in [2.45, 2.75) is 71.6 Å². The van der Waals surface area contributed by atoms with Crippen molar-refractivity contribution >= 4 is 18.0 Å². The number of carbonyl (C=O) groups is 3. The van der Waals surface area contributed by atoms with Crippen molar-refractivity contribution in [1.82, 2.24) is 5.32 Å². The summed E-state index contributed by atoms with van der Waals surface area (Å²) in [5.41, 5.74) is -3.90. The molecule has 1 amide bonds. The fraction of sp³-hybridized carbons (Fsp3) is 0.842. The highest BCUT2D eigenvalue weighted by Gasteiger charge is 2.38. The second-order valence-corrected chi connectivity index (χ2v) is 9.92. The molecule has 19 heteroatoms. The molecule has 218 valence electrons. The number of nitrogens with one attached hydrogen (secondary N) is 1. The van der Waals surface area contributed by atoms with E-state index in [0.29, 0.717) is 0 Å². The molecule has 38 heavy (non-hydrogen) atoms. The van der Waals surface area contributed by atoms with E-state index < -0.39 is 82.4 Å². The normalized spacial score (nSPS) is 12.4. The molecule has 0 aromatic heterocycles. The van der Waals surface area contributed by atoms with Crippen LogP contribution in [0.2, 0.25) is 0 Å². The molecule has 19 nitrogen and oxygen atoms in total. The number of amides is 1. The average molecular weight is 556 g/mol. The Labute approximate surface area is 216 Å². The summed E-state index contributed by atoms with van der Waals surface area (Å²) in [6, 6.07) is -1.53. The van der Waals surface area contributed by atoms with Gasteiger partial charge in [0, 0.05) is 6.42 Å². The molecule has 0 unspecified atom stereocenters. The zero-order valence-electron chi connectivity index (χ0n) is 21.8. The number of hydrogen-bond acceptors (Lipinski definition) is 15. The maximum Gasteiger partial charge on any atom is 0.408 e. The lowest BCUT2D eigenvalue weighted by Crippen LogP contribution is -2.48. The number of nitrogens with zero attached hydrogens (tertiary/aromatic N) is 3. The van der Waals surface area contributed by atoms with E-state index in [0.717, 1.165) is 0 Å². The SMILES string of the molecule is CC(C)(C)OC(=O)CC[C@H](NC(=O)OC(C)(C)C)C(=O)OCC(CO[N+](=O)[O-])(CO[N+](=O)[O-])CO[N+](=O)[O-]. The minimum atomic E-state index is -2.11. The summed E-state index contributed by atoms with van der Waals surface area (Å²) in [5, 5.41) is 30.4. The molecule has 0 fully saturated rings. The minimum absolute atomic E-state index is 0.345. The van der Waals surface area contributed by atoms with E-state index in [4.69, 9.17) is 14.2 Å². The predicted octanol–water partition coefficient (Wildman–Crippen LogP) is 1.16. The highest BCUT2D eigenvalue weighted by atomic mass is 17.0.